The summed E-state index contributed by atoms with van der Waals surface area (Å²) in [6, 6.07) is 18.5. The van der Waals surface area contributed by atoms with Gasteiger partial charge >= 0.3 is 0 Å². The van der Waals surface area contributed by atoms with Crippen LogP contribution < -0.4 is 15.5 Å². The van der Waals surface area contributed by atoms with Crippen LogP contribution in [0.3, 0.4) is 0 Å². The normalized spacial score (nSPS) is 17.1. The lowest BCUT2D eigenvalue weighted by Gasteiger charge is -2.26. The molecule has 194 valence electrons. The molecule has 3 heterocycles. The van der Waals surface area contributed by atoms with Crippen LogP contribution in [0.5, 0.6) is 0 Å². The molecule has 0 aliphatic carbocycles. The topological polar surface area (TPSA) is 70.4 Å². The number of rotatable bonds is 6. The highest BCUT2D eigenvalue weighted by Gasteiger charge is 2.42. The maximum absolute atomic E-state index is 13.7. The van der Waals surface area contributed by atoms with Gasteiger partial charge in [-0.15, -0.1) is 0 Å². The van der Waals surface area contributed by atoms with Crippen molar-refractivity contribution in [2.75, 3.05) is 10.2 Å². The number of pyridine rings is 1. The number of thiocarbonyl (C=S) groups is 1. The van der Waals surface area contributed by atoms with Gasteiger partial charge in [0.25, 0.3) is 0 Å². The molecule has 0 unspecified atom stereocenters. The number of nitrogens with one attached hydrogen (secondary N) is 2. The molecule has 0 bridgehead atoms. The van der Waals surface area contributed by atoms with Crippen LogP contribution in [0.25, 0.3) is 11.3 Å². The summed E-state index contributed by atoms with van der Waals surface area (Å²) in [7, 11) is 0. The predicted molar refractivity (Wildman–Crippen MR) is 155 cm³/mol. The van der Waals surface area contributed by atoms with Gasteiger partial charge in [0.2, 0.25) is 5.91 Å². The van der Waals surface area contributed by atoms with Crippen LogP contribution in [0, 0.1) is 11.7 Å². The Morgan fingerprint density at radius 2 is 2.00 bits per heavy atom. The van der Waals surface area contributed by atoms with Crippen LogP contribution >= 0.6 is 39.7 Å². The van der Waals surface area contributed by atoms with Crippen LogP contribution in [0.4, 0.5) is 15.8 Å². The molecular formula is C28H23BrClFN4O2S. The minimum Gasteiger partial charge on any atom is -0.459 e. The zero-order valence-electron chi connectivity index (χ0n) is 20.4. The average molecular weight is 614 g/mol. The predicted octanol–water partition coefficient (Wildman–Crippen LogP) is 7.67. The molecule has 1 saturated heterocycles. The monoisotopic (exact) mass is 612 g/mol. The van der Waals surface area contributed by atoms with Crippen LogP contribution in [0.15, 0.2) is 81.8 Å². The van der Waals surface area contributed by atoms with E-state index in [0.29, 0.717) is 31.8 Å². The Balaban J connectivity index is 1.56. The molecule has 5 rings (SSSR count). The van der Waals surface area contributed by atoms with E-state index in [9.17, 15) is 9.18 Å². The third-order valence-electron chi connectivity index (χ3n) is 6.23. The third-order valence-corrected chi connectivity index (χ3v) is 7.51. The van der Waals surface area contributed by atoms with Crippen molar-refractivity contribution in [3.05, 3.63) is 99.7 Å². The molecule has 1 fully saturated rings. The maximum Gasteiger partial charge on any atom is 0.226 e. The molecule has 1 aliphatic rings. The smallest absolute Gasteiger partial charge is 0.226 e. The second-order valence-corrected chi connectivity index (χ2v) is 10.8. The molecule has 0 spiro atoms. The quantitative estimate of drug-likeness (QED) is 0.218. The van der Waals surface area contributed by atoms with Gasteiger partial charge < -0.3 is 20.0 Å². The number of nitrogens with zero attached hydrogens (tertiary/aromatic N) is 2. The zero-order chi connectivity index (χ0) is 27.0. The van der Waals surface area contributed by atoms with Gasteiger partial charge in [-0.2, -0.15) is 0 Å². The van der Waals surface area contributed by atoms with E-state index in [1.54, 1.807) is 24.4 Å². The fraction of sp³-hybridized carbons (Fsp3) is 0.179. The van der Waals surface area contributed by atoms with Crippen molar-refractivity contribution in [3.8, 4) is 11.3 Å². The summed E-state index contributed by atoms with van der Waals surface area (Å²) in [6.07, 6.45) is 1.73. The second-order valence-electron chi connectivity index (χ2n) is 9.13. The number of benzene rings is 2. The number of furan rings is 1. The summed E-state index contributed by atoms with van der Waals surface area (Å²) in [5, 5.41) is 7.09. The van der Waals surface area contributed by atoms with E-state index >= 15 is 0 Å². The Labute approximate surface area is 238 Å². The maximum atomic E-state index is 13.7. The molecule has 0 saturated carbocycles. The molecule has 2 aromatic heterocycles. The summed E-state index contributed by atoms with van der Waals surface area (Å²) in [4.78, 5) is 18.7. The van der Waals surface area contributed by atoms with Gasteiger partial charge in [0, 0.05) is 27.8 Å². The van der Waals surface area contributed by atoms with Gasteiger partial charge in [0.15, 0.2) is 5.11 Å². The van der Waals surface area contributed by atoms with Gasteiger partial charge in [-0.25, -0.2) is 4.39 Å². The molecule has 1 aliphatic heterocycles. The summed E-state index contributed by atoms with van der Waals surface area (Å²) in [5.74, 6) is 0.561. The van der Waals surface area contributed by atoms with Gasteiger partial charge in [0.1, 0.15) is 23.4 Å². The minimum atomic E-state index is -0.405. The Bertz CT molecular complexity index is 1510. The molecule has 2 aromatic carbocycles. The van der Waals surface area contributed by atoms with E-state index in [4.69, 9.17) is 28.2 Å². The highest BCUT2D eigenvalue weighted by Crippen LogP contribution is 2.44. The number of carbonyl (C=O) groups excluding carboxylic acids is 1. The molecular weight excluding hydrogens is 591 g/mol. The second kappa shape index (κ2) is 10.8. The number of aromatic nitrogens is 1. The Kier molecular flexibility index (Phi) is 7.52. The highest BCUT2D eigenvalue weighted by molar-refractivity contribution is 9.10. The van der Waals surface area contributed by atoms with Crippen LogP contribution in [-0.4, -0.2) is 16.0 Å². The lowest BCUT2D eigenvalue weighted by Crippen LogP contribution is -2.29. The van der Waals surface area contributed by atoms with Gasteiger partial charge in [-0.3, -0.25) is 9.78 Å². The van der Waals surface area contributed by atoms with Crippen LogP contribution in [0.1, 0.15) is 37.4 Å². The highest BCUT2D eigenvalue weighted by atomic mass is 79.9. The first kappa shape index (κ1) is 26.3. The number of amides is 1. The van der Waals surface area contributed by atoms with Crippen molar-refractivity contribution >= 4 is 62.1 Å². The van der Waals surface area contributed by atoms with Crippen molar-refractivity contribution in [1.82, 2.24) is 10.3 Å². The van der Waals surface area contributed by atoms with E-state index in [1.807, 2.05) is 55.1 Å². The van der Waals surface area contributed by atoms with Crippen molar-refractivity contribution in [1.29, 1.82) is 0 Å². The first-order chi connectivity index (χ1) is 18.2. The fourth-order valence-electron chi connectivity index (χ4n) is 4.30. The average Bonchev–Trinajstić information content (AvgIpc) is 3.50. The first-order valence-corrected chi connectivity index (χ1v) is 13.5. The van der Waals surface area contributed by atoms with Crippen LogP contribution in [-0.2, 0) is 4.79 Å². The molecule has 2 atom stereocenters. The molecule has 6 nitrogen and oxygen atoms in total. The van der Waals surface area contributed by atoms with Gasteiger partial charge in [-0.05, 0) is 88.8 Å². The Morgan fingerprint density at radius 3 is 2.68 bits per heavy atom. The molecule has 1 amide bonds. The van der Waals surface area contributed by atoms with Crippen molar-refractivity contribution in [2.45, 2.75) is 25.9 Å². The molecule has 4 aromatic rings. The van der Waals surface area contributed by atoms with Crippen LogP contribution in [0.2, 0.25) is 5.02 Å². The lowest BCUT2D eigenvalue weighted by molar-refractivity contribution is -0.118. The number of carbonyl (C=O) groups is 1. The number of anilines is 2. The standard InChI is InChI=1S/C28H23BrClFN4O2S/c1-15(2)27(36)33-21-9-7-17(14-20(21)30)35-26(25(34-28(35)38)22-5-3-4-12-32-22)24-11-10-23(37-24)18-8-6-16(31)13-19(18)29/h3-15,25-26H,1-2H3,(H,33,36)(H,34,38)/t25-,26+/m0/s1. The van der Waals surface area contributed by atoms with E-state index < -0.39 is 6.04 Å². The summed E-state index contributed by atoms with van der Waals surface area (Å²) in [6.45, 7) is 3.63. The summed E-state index contributed by atoms with van der Waals surface area (Å²) < 4.78 is 20.6. The van der Waals surface area contributed by atoms with Crippen molar-refractivity contribution in [2.24, 2.45) is 5.92 Å². The Hall–Kier alpha value is -3.27. The molecule has 10 heteroatoms. The SMILES string of the molecule is CC(C)C(=O)Nc1ccc(N2C(=S)N[C@@H](c3ccccn3)[C@H]2c2ccc(-c3ccc(F)cc3Br)o2)cc1Cl. The van der Waals surface area contributed by atoms with Gasteiger partial charge in [0.05, 0.1) is 22.4 Å². The number of hydrogen-bond donors (Lipinski definition) is 2. The molecule has 0 radical (unpaired) electrons. The first-order valence-electron chi connectivity index (χ1n) is 11.9. The van der Waals surface area contributed by atoms with Gasteiger partial charge in [-0.1, -0.05) is 31.5 Å². The third kappa shape index (κ3) is 5.18. The van der Waals surface area contributed by atoms with Crippen molar-refractivity contribution in [3.63, 3.8) is 0 Å². The number of halogens is 3. The fourth-order valence-corrected chi connectivity index (χ4v) is 5.41. The van der Waals surface area contributed by atoms with E-state index in [2.05, 4.69) is 31.5 Å². The summed E-state index contributed by atoms with van der Waals surface area (Å²) in [5.41, 5.74) is 2.75. The lowest BCUT2D eigenvalue weighted by atomic mass is 10.0. The summed E-state index contributed by atoms with van der Waals surface area (Å²) >= 11 is 15.8. The minimum absolute atomic E-state index is 0.124. The van der Waals surface area contributed by atoms with E-state index in [-0.39, 0.29) is 23.7 Å². The Morgan fingerprint density at radius 1 is 1.18 bits per heavy atom. The molecule has 38 heavy (non-hydrogen) atoms. The number of hydrogen-bond acceptors (Lipinski definition) is 4. The molecule has 2 N–H and O–H groups in total. The largest absolute Gasteiger partial charge is 0.459 e. The van der Waals surface area contributed by atoms with Crippen molar-refractivity contribution < 1.29 is 13.6 Å². The zero-order valence-corrected chi connectivity index (χ0v) is 23.6. The van der Waals surface area contributed by atoms with E-state index in [0.717, 1.165) is 16.9 Å². The van der Waals surface area contributed by atoms with E-state index in [1.165, 1.54) is 12.1 Å².